The molecule has 0 unspecified atom stereocenters. The second-order valence-electron chi connectivity index (χ2n) is 6.44. The molecule has 3 aromatic rings. The summed E-state index contributed by atoms with van der Waals surface area (Å²) in [5.74, 6) is 0.698. The van der Waals surface area contributed by atoms with E-state index in [2.05, 4.69) is 26.7 Å². The van der Waals surface area contributed by atoms with Crippen molar-refractivity contribution in [2.45, 2.75) is 13.1 Å². The van der Waals surface area contributed by atoms with Crippen LogP contribution >= 0.6 is 11.3 Å². The molecule has 0 aliphatic rings. The maximum absolute atomic E-state index is 11.2. The second-order valence-corrected chi connectivity index (χ2v) is 7.22. The first kappa shape index (κ1) is 19.9. The first-order valence-corrected chi connectivity index (χ1v) is 9.74. The van der Waals surface area contributed by atoms with E-state index in [1.165, 1.54) is 5.56 Å². The Morgan fingerprint density at radius 2 is 2.11 bits per heavy atom. The summed E-state index contributed by atoms with van der Waals surface area (Å²) >= 11 is 1.68. The van der Waals surface area contributed by atoms with Crippen LogP contribution in [0, 0.1) is 0 Å². The highest BCUT2D eigenvalue weighted by Gasteiger charge is 2.13. The summed E-state index contributed by atoms with van der Waals surface area (Å²) in [6.07, 6.45) is 1.70. The van der Waals surface area contributed by atoms with Crippen LogP contribution in [0.4, 0.5) is 0 Å². The maximum Gasteiger partial charge on any atom is 0.255 e. The second kappa shape index (κ2) is 9.34. The van der Waals surface area contributed by atoms with Gasteiger partial charge in [0.2, 0.25) is 5.88 Å². The predicted octanol–water partition coefficient (Wildman–Crippen LogP) is 3.31. The average Bonchev–Trinajstić information content (AvgIpc) is 3.19. The first-order chi connectivity index (χ1) is 13.6. The number of ether oxygens (including phenoxy) is 2. The minimum atomic E-state index is -0.504. The summed E-state index contributed by atoms with van der Waals surface area (Å²) < 4.78 is 11.0. The summed E-state index contributed by atoms with van der Waals surface area (Å²) in [5.41, 5.74) is 9.33. The van der Waals surface area contributed by atoms with Crippen molar-refractivity contribution in [3.8, 4) is 22.8 Å². The lowest BCUT2D eigenvalue weighted by Gasteiger charge is -2.19. The molecule has 0 saturated heterocycles. The lowest BCUT2D eigenvalue weighted by atomic mass is 10.0. The van der Waals surface area contributed by atoms with Gasteiger partial charge in [-0.05, 0) is 59.3 Å². The Balaban J connectivity index is 1.89. The number of hydrogen-bond acceptors (Lipinski definition) is 6. The fraction of sp³-hybridized carbons (Fsp3) is 0.238. The Morgan fingerprint density at radius 1 is 1.25 bits per heavy atom. The Bertz CT molecular complexity index is 928. The normalized spacial score (nSPS) is 10.8. The van der Waals surface area contributed by atoms with Gasteiger partial charge in [-0.1, -0.05) is 6.07 Å². The lowest BCUT2D eigenvalue weighted by molar-refractivity contribution is -0.119. The van der Waals surface area contributed by atoms with Gasteiger partial charge in [-0.3, -0.25) is 9.69 Å². The number of thiophene rings is 1. The molecule has 3 rings (SSSR count). The van der Waals surface area contributed by atoms with Gasteiger partial charge in [0.25, 0.3) is 5.91 Å². The first-order valence-electron chi connectivity index (χ1n) is 8.80. The van der Waals surface area contributed by atoms with Crippen LogP contribution in [0.15, 0.2) is 53.4 Å². The van der Waals surface area contributed by atoms with E-state index in [0.717, 1.165) is 23.2 Å². The lowest BCUT2D eigenvalue weighted by Crippen LogP contribution is -2.22. The number of pyridine rings is 1. The summed E-state index contributed by atoms with van der Waals surface area (Å²) in [6, 6.07) is 11.8. The quantitative estimate of drug-likeness (QED) is 0.599. The fourth-order valence-electron chi connectivity index (χ4n) is 2.97. The number of carbonyl (C=O) groups is 1. The number of benzene rings is 1. The van der Waals surface area contributed by atoms with Crippen molar-refractivity contribution in [3.05, 3.63) is 64.5 Å². The molecule has 0 fully saturated rings. The molecule has 0 radical (unpaired) electrons. The standard InChI is InChI=1S/C21H23N3O3S/c1-24(11-15-7-9-28-14-15)12-17-10-16(5-6-19(17)27-13-20(22)25)18-4-3-8-23-21(18)26-2/h3-10,14H,11-13H2,1-2H3,(H2,22,25). The van der Waals surface area contributed by atoms with Crippen LogP contribution in [0.3, 0.4) is 0 Å². The average molecular weight is 398 g/mol. The molecule has 0 saturated carbocycles. The maximum atomic E-state index is 11.2. The van der Waals surface area contributed by atoms with Crippen molar-refractivity contribution in [1.29, 1.82) is 0 Å². The smallest absolute Gasteiger partial charge is 0.255 e. The molecule has 0 bridgehead atoms. The van der Waals surface area contributed by atoms with Crippen molar-refractivity contribution in [2.75, 3.05) is 20.8 Å². The topological polar surface area (TPSA) is 77.7 Å². The van der Waals surface area contributed by atoms with Gasteiger partial charge in [-0.15, -0.1) is 0 Å². The van der Waals surface area contributed by atoms with Gasteiger partial charge in [0, 0.05) is 30.4 Å². The monoisotopic (exact) mass is 397 g/mol. The van der Waals surface area contributed by atoms with Gasteiger partial charge in [-0.25, -0.2) is 4.98 Å². The number of nitrogens with zero attached hydrogens (tertiary/aromatic N) is 2. The van der Waals surface area contributed by atoms with Gasteiger partial charge in [0.05, 0.1) is 7.11 Å². The molecule has 2 N–H and O–H groups in total. The largest absolute Gasteiger partial charge is 0.483 e. The van der Waals surface area contributed by atoms with E-state index in [0.29, 0.717) is 18.2 Å². The zero-order chi connectivity index (χ0) is 19.9. The van der Waals surface area contributed by atoms with Crippen LogP contribution in [0.5, 0.6) is 11.6 Å². The van der Waals surface area contributed by atoms with Gasteiger partial charge in [0.15, 0.2) is 6.61 Å². The number of carbonyl (C=O) groups excluding carboxylic acids is 1. The predicted molar refractivity (Wildman–Crippen MR) is 110 cm³/mol. The molecule has 1 amide bonds. The van der Waals surface area contributed by atoms with Crippen LogP contribution in [-0.2, 0) is 17.9 Å². The molecule has 28 heavy (non-hydrogen) atoms. The molecule has 6 nitrogen and oxygen atoms in total. The van der Waals surface area contributed by atoms with Gasteiger partial charge in [0.1, 0.15) is 5.75 Å². The Labute approximate surface area is 168 Å². The molecule has 2 aromatic heterocycles. The summed E-state index contributed by atoms with van der Waals surface area (Å²) in [5, 5.41) is 4.21. The number of primary amides is 1. The van der Waals surface area contributed by atoms with Crippen LogP contribution in [-0.4, -0.2) is 36.6 Å². The molecule has 146 valence electrons. The summed E-state index contributed by atoms with van der Waals surface area (Å²) in [7, 11) is 3.65. The van der Waals surface area contributed by atoms with Crippen molar-refractivity contribution < 1.29 is 14.3 Å². The van der Waals surface area contributed by atoms with E-state index in [4.69, 9.17) is 15.2 Å². The summed E-state index contributed by atoms with van der Waals surface area (Å²) in [6.45, 7) is 1.32. The van der Waals surface area contributed by atoms with E-state index in [1.54, 1.807) is 24.6 Å². The molecule has 0 aliphatic heterocycles. The number of amides is 1. The van der Waals surface area contributed by atoms with Gasteiger partial charge in [-0.2, -0.15) is 11.3 Å². The Kier molecular flexibility index (Phi) is 6.62. The van der Waals surface area contributed by atoms with Crippen molar-refractivity contribution in [2.24, 2.45) is 5.73 Å². The molecular weight excluding hydrogens is 374 g/mol. The number of aromatic nitrogens is 1. The minimum absolute atomic E-state index is 0.156. The molecule has 7 heteroatoms. The van der Waals surface area contributed by atoms with E-state index >= 15 is 0 Å². The zero-order valence-corrected chi connectivity index (χ0v) is 16.7. The van der Waals surface area contributed by atoms with E-state index < -0.39 is 5.91 Å². The van der Waals surface area contributed by atoms with Crippen molar-refractivity contribution >= 4 is 17.2 Å². The zero-order valence-electron chi connectivity index (χ0n) is 15.9. The van der Waals surface area contributed by atoms with Crippen LogP contribution < -0.4 is 15.2 Å². The molecule has 1 aromatic carbocycles. The van der Waals surface area contributed by atoms with Crippen molar-refractivity contribution in [1.82, 2.24) is 9.88 Å². The number of methoxy groups -OCH3 is 1. The van der Waals surface area contributed by atoms with Gasteiger partial charge >= 0.3 is 0 Å². The molecule has 0 spiro atoms. The third kappa shape index (κ3) is 5.09. The number of hydrogen-bond donors (Lipinski definition) is 1. The molecular formula is C21H23N3O3S. The van der Waals surface area contributed by atoms with Crippen molar-refractivity contribution in [3.63, 3.8) is 0 Å². The highest BCUT2D eigenvalue weighted by molar-refractivity contribution is 7.07. The van der Waals surface area contributed by atoms with Crippen LogP contribution in [0.2, 0.25) is 0 Å². The molecule has 0 aliphatic carbocycles. The van der Waals surface area contributed by atoms with E-state index in [1.807, 2.05) is 37.4 Å². The van der Waals surface area contributed by atoms with Gasteiger partial charge < -0.3 is 15.2 Å². The third-order valence-electron chi connectivity index (χ3n) is 4.18. The Hall–Kier alpha value is -2.90. The highest BCUT2D eigenvalue weighted by Crippen LogP contribution is 2.32. The number of rotatable bonds is 9. The van der Waals surface area contributed by atoms with E-state index in [9.17, 15) is 4.79 Å². The highest BCUT2D eigenvalue weighted by atomic mass is 32.1. The van der Waals surface area contributed by atoms with E-state index in [-0.39, 0.29) is 6.61 Å². The summed E-state index contributed by atoms with van der Waals surface area (Å²) in [4.78, 5) is 17.6. The van der Waals surface area contributed by atoms with Crippen LogP contribution in [0.1, 0.15) is 11.1 Å². The third-order valence-corrected chi connectivity index (χ3v) is 4.91. The fourth-order valence-corrected chi connectivity index (χ4v) is 3.63. The molecule has 2 heterocycles. The van der Waals surface area contributed by atoms with Crippen LogP contribution in [0.25, 0.3) is 11.1 Å². The Morgan fingerprint density at radius 3 is 2.82 bits per heavy atom. The minimum Gasteiger partial charge on any atom is -0.483 e. The number of nitrogens with two attached hydrogens (primary N) is 1. The SMILES string of the molecule is COc1ncccc1-c1ccc(OCC(N)=O)c(CN(C)Cc2ccsc2)c1. The molecule has 0 atom stereocenters.